The molecule has 5 rings (SSSR count). The largest absolute Gasteiger partial charge is 0.367 e. The van der Waals surface area contributed by atoms with Gasteiger partial charge in [-0.1, -0.05) is 67.8 Å². The molecule has 2 heterocycles. The number of anilines is 1. The molecule has 0 atom stereocenters. The van der Waals surface area contributed by atoms with Crippen LogP contribution in [-0.2, 0) is 15.8 Å². The monoisotopic (exact) mass is 492 g/mol. The maximum Gasteiger partial charge on any atom is 0.277 e. The van der Waals surface area contributed by atoms with E-state index in [9.17, 15) is 13.2 Å². The molecule has 1 aliphatic carbocycles. The lowest BCUT2D eigenvalue weighted by molar-refractivity contribution is 0.382. The maximum atomic E-state index is 13.7. The van der Waals surface area contributed by atoms with E-state index in [4.69, 9.17) is 0 Å². The summed E-state index contributed by atoms with van der Waals surface area (Å²) in [5.74, 6) is 0.222. The summed E-state index contributed by atoms with van der Waals surface area (Å²) in [6.07, 6.45) is 7.29. The first-order valence-electron chi connectivity index (χ1n) is 12.5. The topological polar surface area (TPSA) is 75.5 Å². The molecule has 1 aliphatic heterocycles. The summed E-state index contributed by atoms with van der Waals surface area (Å²) in [5.41, 5.74) is 3.21. The van der Waals surface area contributed by atoms with Crippen LogP contribution in [0.3, 0.4) is 0 Å². The van der Waals surface area contributed by atoms with Crippen molar-refractivity contribution in [3.05, 3.63) is 88.3 Å². The van der Waals surface area contributed by atoms with E-state index < -0.39 is 10.0 Å². The van der Waals surface area contributed by atoms with Crippen molar-refractivity contribution in [1.82, 2.24) is 14.1 Å². The molecule has 0 bridgehead atoms. The summed E-state index contributed by atoms with van der Waals surface area (Å²) in [7, 11) is -3.40. The average molecular weight is 493 g/mol. The van der Waals surface area contributed by atoms with E-state index in [1.807, 2.05) is 66.9 Å². The average Bonchev–Trinajstić information content (AvgIpc) is 2.90. The number of rotatable bonds is 6. The van der Waals surface area contributed by atoms with Crippen LogP contribution in [-0.4, -0.2) is 48.7 Å². The van der Waals surface area contributed by atoms with Crippen LogP contribution < -0.4 is 10.5 Å². The molecule has 1 saturated carbocycles. The third kappa shape index (κ3) is 5.18. The molecule has 0 amide bonds. The molecule has 3 aromatic rings. The van der Waals surface area contributed by atoms with Crippen LogP contribution in [0.15, 0.2) is 71.7 Å². The molecule has 0 radical (unpaired) electrons. The first-order chi connectivity index (χ1) is 17.0. The Hall–Kier alpha value is -2.97. The van der Waals surface area contributed by atoms with E-state index in [-0.39, 0.29) is 17.2 Å². The number of sulfonamides is 1. The minimum atomic E-state index is -3.40. The zero-order chi connectivity index (χ0) is 24.3. The third-order valence-electron chi connectivity index (χ3n) is 7.17. The molecule has 2 aromatic carbocycles. The Kier molecular flexibility index (Phi) is 7.02. The Bertz CT molecular complexity index is 1300. The second kappa shape index (κ2) is 10.3. The van der Waals surface area contributed by atoms with Gasteiger partial charge in [-0.15, -0.1) is 0 Å². The summed E-state index contributed by atoms with van der Waals surface area (Å²) in [5, 5.41) is 4.53. The predicted octanol–water partition coefficient (Wildman–Crippen LogP) is 3.93. The molecular weight excluding hydrogens is 460 g/mol. The number of nitrogens with zero attached hydrogens (tertiary/aromatic N) is 4. The lowest BCUT2D eigenvalue weighted by Crippen LogP contribution is -2.49. The van der Waals surface area contributed by atoms with E-state index in [2.05, 4.69) is 10.00 Å². The van der Waals surface area contributed by atoms with Crippen LogP contribution in [0, 0.1) is 0 Å². The highest BCUT2D eigenvalue weighted by atomic mass is 32.2. The number of piperazine rings is 1. The van der Waals surface area contributed by atoms with Gasteiger partial charge in [-0.25, -0.2) is 8.42 Å². The predicted molar refractivity (Wildman–Crippen MR) is 139 cm³/mol. The number of hydrogen-bond acceptors (Lipinski definition) is 5. The van der Waals surface area contributed by atoms with Gasteiger partial charge in [0.1, 0.15) is 0 Å². The molecule has 2 fully saturated rings. The molecule has 7 nitrogen and oxygen atoms in total. The lowest BCUT2D eigenvalue weighted by Gasteiger charge is -2.37. The van der Waals surface area contributed by atoms with Crippen LogP contribution >= 0.6 is 0 Å². The van der Waals surface area contributed by atoms with Crippen molar-refractivity contribution in [2.75, 3.05) is 31.1 Å². The number of hydrogen-bond donors (Lipinski definition) is 0. The Morgan fingerprint density at radius 1 is 0.829 bits per heavy atom. The first kappa shape index (κ1) is 23.8. The Labute approximate surface area is 207 Å². The summed E-state index contributed by atoms with van der Waals surface area (Å²) in [6, 6.07) is 18.8. The second-order valence-electron chi connectivity index (χ2n) is 9.46. The minimum Gasteiger partial charge on any atom is -0.367 e. The molecule has 0 unspecified atom stereocenters. The minimum absolute atomic E-state index is 0.00976. The summed E-state index contributed by atoms with van der Waals surface area (Å²) >= 11 is 0. The van der Waals surface area contributed by atoms with Gasteiger partial charge in [0.25, 0.3) is 5.56 Å². The summed E-state index contributed by atoms with van der Waals surface area (Å²) in [4.78, 5) is 15.9. The van der Waals surface area contributed by atoms with Crippen molar-refractivity contribution in [3.8, 4) is 5.69 Å². The maximum absolute atomic E-state index is 13.7. The molecule has 2 aliphatic rings. The van der Waals surface area contributed by atoms with Gasteiger partial charge in [-0.2, -0.15) is 14.1 Å². The van der Waals surface area contributed by atoms with Gasteiger partial charge in [0.2, 0.25) is 10.0 Å². The second-order valence-corrected chi connectivity index (χ2v) is 11.4. The third-order valence-corrected chi connectivity index (χ3v) is 9.02. The van der Waals surface area contributed by atoms with E-state index in [0.29, 0.717) is 26.2 Å². The van der Waals surface area contributed by atoms with Gasteiger partial charge in [-0.05, 0) is 36.5 Å². The molecule has 184 valence electrons. The quantitative estimate of drug-likeness (QED) is 0.521. The van der Waals surface area contributed by atoms with Crippen molar-refractivity contribution < 1.29 is 8.42 Å². The van der Waals surface area contributed by atoms with Crippen molar-refractivity contribution in [2.24, 2.45) is 0 Å². The van der Waals surface area contributed by atoms with Gasteiger partial charge < -0.3 is 4.90 Å². The zero-order valence-corrected chi connectivity index (χ0v) is 20.7. The van der Waals surface area contributed by atoms with Crippen LogP contribution in [0.5, 0.6) is 0 Å². The molecule has 8 heteroatoms. The van der Waals surface area contributed by atoms with Crippen molar-refractivity contribution in [2.45, 2.75) is 43.8 Å². The Morgan fingerprint density at radius 3 is 2.11 bits per heavy atom. The molecule has 0 spiro atoms. The molecule has 1 aromatic heterocycles. The van der Waals surface area contributed by atoms with Crippen LogP contribution in [0.2, 0.25) is 0 Å². The molecule has 0 N–H and O–H groups in total. The normalized spacial score (nSPS) is 18.0. The van der Waals surface area contributed by atoms with Gasteiger partial charge >= 0.3 is 0 Å². The summed E-state index contributed by atoms with van der Waals surface area (Å²) in [6.45, 7) is 1.90. The van der Waals surface area contributed by atoms with Crippen LogP contribution in [0.1, 0.15) is 49.1 Å². The highest BCUT2D eigenvalue weighted by Gasteiger charge is 2.31. The fourth-order valence-electron chi connectivity index (χ4n) is 5.32. The smallest absolute Gasteiger partial charge is 0.277 e. The Morgan fingerprint density at radius 2 is 1.46 bits per heavy atom. The number of benzene rings is 2. The standard InChI is InChI=1S/C27H32N4O3S/c32-27-26(23-12-6-2-7-13-23)25(20-28-31(27)24-14-8-3-9-15-24)29-16-18-30(19-17-29)35(33,34)21-22-10-4-1-5-11-22/h1,3-5,8-11,14-15,20,23H,2,6-7,12-13,16-19,21H2. The van der Waals surface area contributed by atoms with Crippen molar-refractivity contribution >= 4 is 15.7 Å². The van der Waals surface area contributed by atoms with E-state index in [1.165, 1.54) is 11.1 Å². The number of aromatic nitrogens is 2. The first-order valence-corrected chi connectivity index (χ1v) is 14.1. The van der Waals surface area contributed by atoms with Gasteiger partial charge in [0, 0.05) is 31.7 Å². The fourth-order valence-corrected chi connectivity index (χ4v) is 6.84. The van der Waals surface area contributed by atoms with Gasteiger partial charge in [0.05, 0.1) is 23.3 Å². The fraction of sp³-hybridized carbons (Fsp3) is 0.407. The lowest BCUT2D eigenvalue weighted by atomic mass is 9.84. The zero-order valence-electron chi connectivity index (χ0n) is 19.9. The molecule has 35 heavy (non-hydrogen) atoms. The SMILES string of the molecule is O=c1c(C2CCCCC2)c(N2CCN(S(=O)(=O)Cc3ccccc3)CC2)cnn1-c1ccccc1. The van der Waals surface area contributed by atoms with Crippen LogP contribution in [0.4, 0.5) is 5.69 Å². The molecular formula is C27H32N4O3S. The van der Waals surface area contributed by atoms with E-state index >= 15 is 0 Å². The van der Waals surface area contributed by atoms with Gasteiger partial charge in [0.15, 0.2) is 0 Å². The van der Waals surface area contributed by atoms with Gasteiger partial charge in [-0.3, -0.25) is 4.79 Å². The van der Waals surface area contributed by atoms with Crippen molar-refractivity contribution in [3.63, 3.8) is 0 Å². The molecule has 1 saturated heterocycles. The number of para-hydroxylation sites is 1. The van der Waals surface area contributed by atoms with Crippen LogP contribution in [0.25, 0.3) is 5.69 Å². The Balaban J connectivity index is 1.40. The van der Waals surface area contributed by atoms with E-state index in [0.717, 1.165) is 48.2 Å². The summed E-state index contributed by atoms with van der Waals surface area (Å²) < 4.78 is 29.1. The highest BCUT2D eigenvalue weighted by Crippen LogP contribution is 2.36. The van der Waals surface area contributed by atoms with Crippen molar-refractivity contribution in [1.29, 1.82) is 0 Å². The van der Waals surface area contributed by atoms with E-state index in [1.54, 1.807) is 4.31 Å². The highest BCUT2D eigenvalue weighted by molar-refractivity contribution is 7.88.